The van der Waals surface area contributed by atoms with Gasteiger partial charge in [0, 0.05) is 12.6 Å². The first kappa shape index (κ1) is 15.3. The molecule has 2 aliphatic carbocycles. The number of ether oxygens (including phenoxy) is 1. The van der Waals surface area contributed by atoms with Gasteiger partial charge in [0.1, 0.15) is 0 Å². The van der Waals surface area contributed by atoms with Crippen LogP contribution in [-0.4, -0.2) is 24.8 Å². The van der Waals surface area contributed by atoms with E-state index < -0.39 is 0 Å². The molecule has 2 saturated carbocycles. The van der Waals surface area contributed by atoms with Crippen LogP contribution in [0.2, 0.25) is 0 Å². The zero-order valence-electron chi connectivity index (χ0n) is 13.2. The van der Waals surface area contributed by atoms with E-state index >= 15 is 0 Å². The average molecular weight is 267 g/mol. The van der Waals surface area contributed by atoms with Crippen LogP contribution in [0.15, 0.2) is 0 Å². The van der Waals surface area contributed by atoms with Crippen LogP contribution >= 0.6 is 0 Å². The molecule has 2 nitrogen and oxygen atoms in total. The van der Waals surface area contributed by atoms with Crippen LogP contribution in [0.25, 0.3) is 0 Å². The predicted molar refractivity (Wildman–Crippen MR) is 81.4 cm³/mol. The molecule has 1 N–H and O–H groups in total. The molecular weight excluding hydrogens is 234 g/mol. The first-order valence-corrected chi connectivity index (χ1v) is 8.59. The zero-order chi connectivity index (χ0) is 13.7. The Kier molecular flexibility index (Phi) is 5.70. The summed E-state index contributed by atoms with van der Waals surface area (Å²) in [5.74, 6) is 1.76. The van der Waals surface area contributed by atoms with Crippen molar-refractivity contribution in [3.63, 3.8) is 0 Å². The van der Waals surface area contributed by atoms with Gasteiger partial charge in [0.05, 0.1) is 5.60 Å². The average Bonchev–Trinajstić information content (AvgIpc) is 2.35. The van der Waals surface area contributed by atoms with E-state index in [0.717, 1.165) is 25.0 Å². The monoisotopic (exact) mass is 267 g/mol. The zero-order valence-corrected chi connectivity index (χ0v) is 13.2. The van der Waals surface area contributed by atoms with Crippen molar-refractivity contribution < 1.29 is 4.74 Å². The Balaban J connectivity index is 2.07. The lowest BCUT2D eigenvalue weighted by Gasteiger charge is -2.50. The van der Waals surface area contributed by atoms with Crippen LogP contribution in [0.4, 0.5) is 0 Å². The molecule has 0 amide bonds. The van der Waals surface area contributed by atoms with Gasteiger partial charge in [0.2, 0.25) is 0 Å². The Hall–Kier alpha value is -0.0800. The molecule has 0 aromatic rings. The summed E-state index contributed by atoms with van der Waals surface area (Å²) in [7, 11) is 0. The van der Waals surface area contributed by atoms with E-state index in [4.69, 9.17) is 4.74 Å². The highest BCUT2D eigenvalue weighted by molar-refractivity contribution is 5.01. The molecule has 1 unspecified atom stereocenters. The molecule has 0 saturated heterocycles. The maximum absolute atomic E-state index is 6.37. The third-order valence-electron chi connectivity index (χ3n) is 5.35. The van der Waals surface area contributed by atoms with Gasteiger partial charge in [0.25, 0.3) is 0 Å². The predicted octanol–water partition coefficient (Wildman–Crippen LogP) is 4.14. The van der Waals surface area contributed by atoms with Crippen molar-refractivity contribution in [2.45, 2.75) is 83.8 Å². The quantitative estimate of drug-likeness (QED) is 0.748. The summed E-state index contributed by atoms with van der Waals surface area (Å²) in [5, 5.41) is 3.86. The summed E-state index contributed by atoms with van der Waals surface area (Å²) in [6.07, 6.45) is 10.7. The van der Waals surface area contributed by atoms with Crippen molar-refractivity contribution in [3.05, 3.63) is 0 Å². The summed E-state index contributed by atoms with van der Waals surface area (Å²) in [6, 6.07) is 0.605. The Bertz CT molecular complexity index is 254. The largest absolute Gasteiger partial charge is 0.374 e. The lowest BCUT2D eigenvalue weighted by atomic mass is 9.66. The molecule has 0 heterocycles. The molecule has 2 heteroatoms. The van der Waals surface area contributed by atoms with E-state index in [1.165, 1.54) is 51.4 Å². The molecule has 2 rings (SSSR count). The highest BCUT2D eigenvalue weighted by Gasteiger charge is 2.46. The van der Waals surface area contributed by atoms with Crippen molar-refractivity contribution in [1.82, 2.24) is 5.32 Å². The molecule has 0 bridgehead atoms. The molecule has 2 fully saturated rings. The van der Waals surface area contributed by atoms with Gasteiger partial charge < -0.3 is 10.1 Å². The number of hydrogen-bond acceptors (Lipinski definition) is 2. The van der Waals surface area contributed by atoms with Crippen molar-refractivity contribution in [2.75, 3.05) is 13.2 Å². The van der Waals surface area contributed by atoms with Gasteiger partial charge >= 0.3 is 0 Å². The topological polar surface area (TPSA) is 21.3 Å². The Morgan fingerprint density at radius 3 is 2.32 bits per heavy atom. The summed E-state index contributed by atoms with van der Waals surface area (Å²) in [4.78, 5) is 0. The molecule has 0 radical (unpaired) electrons. The summed E-state index contributed by atoms with van der Waals surface area (Å²) in [6.45, 7) is 8.84. The van der Waals surface area contributed by atoms with Crippen molar-refractivity contribution in [2.24, 2.45) is 11.8 Å². The number of hydrogen-bond donors (Lipinski definition) is 1. The van der Waals surface area contributed by atoms with Crippen LogP contribution in [0.1, 0.15) is 72.1 Å². The van der Waals surface area contributed by atoms with Gasteiger partial charge in [-0.05, 0) is 70.3 Å². The van der Waals surface area contributed by atoms with E-state index in [1.807, 2.05) is 0 Å². The standard InChI is InChI=1S/C17H33NO/c1-4-13-18-16(15-7-6-8-15)17(19-5-2)11-9-14(3)10-12-17/h14-16,18H,4-13H2,1-3H3. The Morgan fingerprint density at radius 2 is 1.84 bits per heavy atom. The minimum Gasteiger partial charge on any atom is -0.374 e. The van der Waals surface area contributed by atoms with Crippen LogP contribution in [0.5, 0.6) is 0 Å². The molecule has 19 heavy (non-hydrogen) atoms. The second kappa shape index (κ2) is 7.08. The third-order valence-corrected chi connectivity index (χ3v) is 5.35. The summed E-state index contributed by atoms with van der Waals surface area (Å²) < 4.78 is 6.37. The Morgan fingerprint density at radius 1 is 1.16 bits per heavy atom. The van der Waals surface area contributed by atoms with E-state index in [0.29, 0.717) is 6.04 Å². The molecule has 0 spiro atoms. The van der Waals surface area contributed by atoms with Gasteiger partial charge in [-0.1, -0.05) is 20.3 Å². The van der Waals surface area contributed by atoms with Gasteiger partial charge in [0.15, 0.2) is 0 Å². The van der Waals surface area contributed by atoms with Crippen molar-refractivity contribution in [1.29, 1.82) is 0 Å². The number of rotatable bonds is 7. The van der Waals surface area contributed by atoms with Gasteiger partial charge in [-0.3, -0.25) is 0 Å². The maximum Gasteiger partial charge on any atom is 0.0837 e. The molecule has 1 atom stereocenters. The van der Waals surface area contributed by atoms with Crippen LogP contribution in [0, 0.1) is 11.8 Å². The van der Waals surface area contributed by atoms with Crippen LogP contribution in [-0.2, 0) is 4.74 Å². The van der Waals surface area contributed by atoms with E-state index in [2.05, 4.69) is 26.1 Å². The van der Waals surface area contributed by atoms with Gasteiger partial charge in [-0.15, -0.1) is 0 Å². The number of nitrogens with one attached hydrogen (secondary N) is 1. The molecule has 2 aliphatic rings. The fourth-order valence-corrected chi connectivity index (χ4v) is 3.94. The second-order valence-corrected chi connectivity index (χ2v) is 6.80. The minimum atomic E-state index is 0.140. The molecule has 0 aromatic carbocycles. The molecular formula is C17H33NO. The van der Waals surface area contributed by atoms with Gasteiger partial charge in [-0.25, -0.2) is 0 Å². The van der Waals surface area contributed by atoms with E-state index in [1.54, 1.807) is 0 Å². The van der Waals surface area contributed by atoms with Crippen molar-refractivity contribution in [3.8, 4) is 0 Å². The molecule has 0 aliphatic heterocycles. The van der Waals surface area contributed by atoms with Crippen molar-refractivity contribution >= 4 is 0 Å². The van der Waals surface area contributed by atoms with Crippen LogP contribution in [0.3, 0.4) is 0 Å². The lowest BCUT2D eigenvalue weighted by molar-refractivity contribution is -0.115. The van der Waals surface area contributed by atoms with E-state index in [9.17, 15) is 0 Å². The van der Waals surface area contributed by atoms with E-state index in [-0.39, 0.29) is 5.60 Å². The first-order valence-electron chi connectivity index (χ1n) is 8.59. The smallest absolute Gasteiger partial charge is 0.0837 e. The normalized spacial score (nSPS) is 33.9. The molecule has 112 valence electrons. The first-order chi connectivity index (χ1) is 9.22. The van der Waals surface area contributed by atoms with Gasteiger partial charge in [-0.2, -0.15) is 0 Å². The Labute approximate surface area is 119 Å². The fourth-order valence-electron chi connectivity index (χ4n) is 3.94. The fraction of sp³-hybridized carbons (Fsp3) is 1.00. The highest BCUT2D eigenvalue weighted by Crippen LogP contribution is 2.43. The highest BCUT2D eigenvalue weighted by atomic mass is 16.5. The second-order valence-electron chi connectivity index (χ2n) is 6.80. The SMILES string of the molecule is CCCNC(C1CCC1)C1(OCC)CCC(C)CC1. The summed E-state index contributed by atoms with van der Waals surface area (Å²) >= 11 is 0. The summed E-state index contributed by atoms with van der Waals surface area (Å²) in [5.41, 5.74) is 0.140. The third kappa shape index (κ3) is 3.52. The minimum absolute atomic E-state index is 0.140. The molecule has 0 aromatic heterocycles. The maximum atomic E-state index is 6.37. The van der Waals surface area contributed by atoms with Crippen LogP contribution < -0.4 is 5.32 Å². The lowest BCUT2D eigenvalue weighted by Crippen LogP contribution is -2.59.